The van der Waals surface area contributed by atoms with Crippen molar-refractivity contribution < 1.29 is 4.48 Å². The molecule has 0 aromatic heterocycles. The van der Waals surface area contributed by atoms with E-state index in [2.05, 4.69) is 37.9 Å². The third-order valence-electron chi connectivity index (χ3n) is 4.20. The van der Waals surface area contributed by atoms with Crippen LogP contribution in [0.1, 0.15) is 12.5 Å². The first kappa shape index (κ1) is 12.2. The first-order valence-electron chi connectivity index (χ1n) is 6.49. The first-order chi connectivity index (χ1) is 8.04. The van der Waals surface area contributed by atoms with Crippen LogP contribution in [0.25, 0.3) is 0 Å². The second-order valence-electron chi connectivity index (χ2n) is 5.41. The molecular formula is C14H24N3+. The Bertz CT molecular complexity index is 392. The molecule has 0 atom stereocenters. The molecule has 1 aliphatic rings. The number of hydrogen-bond donors (Lipinski definition) is 1. The lowest BCUT2D eigenvalue weighted by Crippen LogP contribution is -2.57. The summed E-state index contributed by atoms with van der Waals surface area (Å²) in [5.74, 6) is 0. The van der Waals surface area contributed by atoms with Gasteiger partial charge in [-0.25, -0.2) is 0 Å². The highest BCUT2D eigenvalue weighted by Gasteiger charge is 2.26. The average molecular weight is 234 g/mol. The molecule has 1 aromatic carbocycles. The first-order valence-corrected chi connectivity index (χ1v) is 6.49. The minimum Gasteiger partial charge on any atom is -0.399 e. The molecule has 0 bridgehead atoms. The average Bonchev–Trinajstić information content (AvgIpc) is 2.34. The number of nitrogens with two attached hydrogens (primary N) is 1. The maximum absolute atomic E-state index is 5.86. The molecule has 3 nitrogen and oxygen atoms in total. The zero-order valence-electron chi connectivity index (χ0n) is 11.2. The fraction of sp³-hybridized carbons (Fsp3) is 0.571. The van der Waals surface area contributed by atoms with Crippen LogP contribution in [-0.2, 0) is 0 Å². The van der Waals surface area contributed by atoms with E-state index in [1.54, 1.807) is 0 Å². The number of quaternary nitrogens is 1. The van der Waals surface area contributed by atoms with Gasteiger partial charge in [0.2, 0.25) is 0 Å². The summed E-state index contributed by atoms with van der Waals surface area (Å²) in [5.41, 5.74) is 9.25. The highest BCUT2D eigenvalue weighted by Crippen LogP contribution is 2.22. The Morgan fingerprint density at radius 2 is 1.94 bits per heavy atom. The fourth-order valence-corrected chi connectivity index (χ4v) is 2.38. The van der Waals surface area contributed by atoms with E-state index < -0.39 is 0 Å². The monoisotopic (exact) mass is 234 g/mol. The molecule has 1 fully saturated rings. The van der Waals surface area contributed by atoms with Gasteiger partial charge in [0.05, 0.1) is 39.8 Å². The lowest BCUT2D eigenvalue weighted by atomic mass is 10.1. The van der Waals surface area contributed by atoms with E-state index in [-0.39, 0.29) is 0 Å². The molecule has 94 valence electrons. The van der Waals surface area contributed by atoms with Gasteiger partial charge in [0.15, 0.2) is 0 Å². The second-order valence-corrected chi connectivity index (χ2v) is 5.41. The molecule has 17 heavy (non-hydrogen) atoms. The van der Waals surface area contributed by atoms with Crippen molar-refractivity contribution in [3.8, 4) is 0 Å². The molecule has 0 saturated carbocycles. The van der Waals surface area contributed by atoms with E-state index in [0.29, 0.717) is 0 Å². The zero-order valence-corrected chi connectivity index (χ0v) is 11.2. The summed E-state index contributed by atoms with van der Waals surface area (Å²) in [4.78, 5) is 2.47. The van der Waals surface area contributed by atoms with Crippen molar-refractivity contribution in [3.05, 3.63) is 23.8 Å². The number of likely N-dealkylation sites (N-methyl/N-ethyl adjacent to an activating group) is 1. The number of anilines is 2. The van der Waals surface area contributed by atoms with Gasteiger partial charge in [-0.3, -0.25) is 0 Å². The molecule has 2 N–H and O–H groups in total. The van der Waals surface area contributed by atoms with Crippen molar-refractivity contribution in [2.24, 2.45) is 0 Å². The number of nitrogen functional groups attached to an aromatic ring is 1. The lowest BCUT2D eigenvalue weighted by Gasteiger charge is -2.42. The predicted octanol–water partition coefficient (Wildman–Crippen LogP) is 1.86. The summed E-state index contributed by atoms with van der Waals surface area (Å²) in [7, 11) is 2.35. The summed E-state index contributed by atoms with van der Waals surface area (Å²) >= 11 is 0. The molecule has 1 heterocycles. The van der Waals surface area contributed by atoms with Gasteiger partial charge in [0.1, 0.15) is 0 Å². The van der Waals surface area contributed by atoms with E-state index in [4.69, 9.17) is 5.73 Å². The molecule has 1 saturated heterocycles. The van der Waals surface area contributed by atoms with Gasteiger partial charge in [-0.2, -0.15) is 0 Å². The van der Waals surface area contributed by atoms with Crippen LogP contribution in [0.4, 0.5) is 11.4 Å². The topological polar surface area (TPSA) is 29.3 Å². The van der Waals surface area contributed by atoms with Crippen LogP contribution in [0.3, 0.4) is 0 Å². The van der Waals surface area contributed by atoms with Crippen molar-refractivity contribution in [3.63, 3.8) is 0 Å². The number of benzene rings is 1. The van der Waals surface area contributed by atoms with Crippen molar-refractivity contribution in [1.29, 1.82) is 0 Å². The van der Waals surface area contributed by atoms with E-state index >= 15 is 0 Å². The largest absolute Gasteiger partial charge is 0.399 e. The zero-order chi connectivity index (χ0) is 12.5. The maximum atomic E-state index is 5.86. The standard InChI is InChI=1S/C14H24N3/c1-4-17(3)9-7-16(8-10-17)13-5-6-14(15)12(2)11-13/h5-6,11H,4,7-10,15H2,1-3H3/q+1. The summed E-state index contributed by atoms with van der Waals surface area (Å²) in [6.07, 6.45) is 0. The molecule has 3 heteroatoms. The van der Waals surface area contributed by atoms with Crippen molar-refractivity contribution in [1.82, 2.24) is 0 Å². The number of aryl methyl sites for hydroxylation is 1. The normalized spacial score (nSPS) is 19.4. The Hall–Kier alpha value is -1.22. The van der Waals surface area contributed by atoms with Crippen LogP contribution in [-0.4, -0.2) is 44.3 Å². The van der Waals surface area contributed by atoms with Crippen molar-refractivity contribution in [2.75, 3.05) is 50.4 Å². The predicted molar refractivity (Wildman–Crippen MR) is 74.3 cm³/mol. The van der Waals surface area contributed by atoms with Crippen LogP contribution < -0.4 is 10.6 Å². The Labute approximate surface area is 104 Å². The van der Waals surface area contributed by atoms with E-state index in [0.717, 1.165) is 18.8 Å². The molecule has 0 aliphatic carbocycles. The van der Waals surface area contributed by atoms with Crippen LogP contribution in [0.2, 0.25) is 0 Å². The lowest BCUT2D eigenvalue weighted by molar-refractivity contribution is -0.908. The van der Waals surface area contributed by atoms with Gasteiger partial charge in [-0.05, 0) is 37.6 Å². The summed E-state index contributed by atoms with van der Waals surface area (Å²) < 4.78 is 1.20. The van der Waals surface area contributed by atoms with Gasteiger partial charge < -0.3 is 15.1 Å². The summed E-state index contributed by atoms with van der Waals surface area (Å²) in [6, 6.07) is 6.37. The van der Waals surface area contributed by atoms with Gasteiger partial charge in [0.25, 0.3) is 0 Å². The molecule has 0 radical (unpaired) electrons. The minimum absolute atomic E-state index is 0.889. The molecule has 0 unspecified atom stereocenters. The van der Waals surface area contributed by atoms with Gasteiger partial charge in [-0.1, -0.05) is 0 Å². The van der Waals surface area contributed by atoms with E-state index in [1.165, 1.54) is 35.4 Å². The van der Waals surface area contributed by atoms with Gasteiger partial charge in [0, 0.05) is 11.4 Å². The number of piperazine rings is 1. The molecule has 2 rings (SSSR count). The highest BCUT2D eigenvalue weighted by atomic mass is 15.4. The summed E-state index contributed by atoms with van der Waals surface area (Å²) in [5, 5.41) is 0. The number of rotatable bonds is 2. The third kappa shape index (κ3) is 2.55. The van der Waals surface area contributed by atoms with E-state index in [1.807, 2.05) is 6.07 Å². The second kappa shape index (κ2) is 4.57. The van der Waals surface area contributed by atoms with Crippen LogP contribution in [0.5, 0.6) is 0 Å². The number of nitrogens with zero attached hydrogens (tertiary/aromatic N) is 2. The van der Waals surface area contributed by atoms with Crippen molar-refractivity contribution >= 4 is 11.4 Å². The third-order valence-corrected chi connectivity index (χ3v) is 4.20. The minimum atomic E-state index is 0.889. The Balaban J connectivity index is 2.08. The smallest absolute Gasteiger partial charge is 0.0963 e. The fourth-order valence-electron chi connectivity index (χ4n) is 2.38. The molecule has 0 spiro atoms. The molecule has 0 amide bonds. The highest BCUT2D eigenvalue weighted by molar-refractivity contribution is 5.58. The molecular weight excluding hydrogens is 210 g/mol. The van der Waals surface area contributed by atoms with E-state index in [9.17, 15) is 0 Å². The Morgan fingerprint density at radius 1 is 1.29 bits per heavy atom. The molecule has 1 aliphatic heterocycles. The Kier molecular flexibility index (Phi) is 3.29. The van der Waals surface area contributed by atoms with Crippen LogP contribution in [0, 0.1) is 6.92 Å². The molecule has 1 aromatic rings. The quantitative estimate of drug-likeness (QED) is 0.625. The van der Waals surface area contributed by atoms with Crippen LogP contribution in [0.15, 0.2) is 18.2 Å². The van der Waals surface area contributed by atoms with Crippen molar-refractivity contribution in [2.45, 2.75) is 13.8 Å². The Morgan fingerprint density at radius 3 is 2.47 bits per heavy atom. The SMILES string of the molecule is CC[N+]1(C)CCN(c2ccc(N)c(C)c2)CC1. The maximum Gasteiger partial charge on any atom is 0.0963 e. The summed E-state index contributed by atoms with van der Waals surface area (Å²) in [6.45, 7) is 10.4. The van der Waals surface area contributed by atoms with Gasteiger partial charge in [-0.15, -0.1) is 0 Å². The number of hydrogen-bond acceptors (Lipinski definition) is 2. The van der Waals surface area contributed by atoms with Crippen LogP contribution >= 0.6 is 0 Å². The van der Waals surface area contributed by atoms with Gasteiger partial charge >= 0.3 is 0 Å².